The fourth-order valence-electron chi connectivity index (χ4n) is 2.95. The Hall–Kier alpha value is -0.340. The van der Waals surface area contributed by atoms with E-state index in [9.17, 15) is 5.11 Å². The minimum atomic E-state index is -0.153. The largest absolute Gasteiger partial charge is 0.388 e. The van der Waals surface area contributed by atoms with Crippen LogP contribution in [-0.2, 0) is 0 Å². The second kappa shape index (κ2) is 6.41. The molecule has 1 fully saturated rings. The fourth-order valence-corrected chi connectivity index (χ4v) is 2.95. The standard InChI is InChI=1S/C14H25NO/c16-14(13-8-10-15-11-9-13)12-6-4-2-1-3-5-7-12/h6,13-16H,1-5,7-11H2. The third-order valence-corrected chi connectivity index (χ3v) is 4.04. The minimum absolute atomic E-state index is 0.153. The van der Waals surface area contributed by atoms with Crippen LogP contribution in [-0.4, -0.2) is 24.3 Å². The number of aliphatic hydroxyl groups excluding tert-OH is 1. The third-order valence-electron chi connectivity index (χ3n) is 4.04. The zero-order valence-corrected chi connectivity index (χ0v) is 10.3. The number of allylic oxidation sites excluding steroid dienone is 1. The highest BCUT2D eigenvalue weighted by Crippen LogP contribution is 2.27. The van der Waals surface area contributed by atoms with Gasteiger partial charge in [-0.2, -0.15) is 0 Å². The summed E-state index contributed by atoms with van der Waals surface area (Å²) >= 11 is 0. The first-order valence-electron chi connectivity index (χ1n) is 6.95. The molecule has 0 radical (unpaired) electrons. The van der Waals surface area contributed by atoms with E-state index in [4.69, 9.17) is 0 Å². The van der Waals surface area contributed by atoms with Gasteiger partial charge in [-0.05, 0) is 63.1 Å². The van der Waals surface area contributed by atoms with Crippen LogP contribution in [0.5, 0.6) is 0 Å². The molecule has 2 N–H and O–H groups in total. The average molecular weight is 223 g/mol. The normalized spacial score (nSPS) is 26.7. The van der Waals surface area contributed by atoms with Crippen molar-refractivity contribution in [3.8, 4) is 0 Å². The van der Waals surface area contributed by atoms with Gasteiger partial charge in [0.2, 0.25) is 0 Å². The van der Waals surface area contributed by atoms with Gasteiger partial charge in [0.1, 0.15) is 0 Å². The third kappa shape index (κ3) is 3.33. The summed E-state index contributed by atoms with van der Waals surface area (Å²) in [5, 5.41) is 13.8. The van der Waals surface area contributed by atoms with Crippen molar-refractivity contribution in [1.29, 1.82) is 0 Å². The molecule has 1 unspecified atom stereocenters. The van der Waals surface area contributed by atoms with Gasteiger partial charge in [-0.25, -0.2) is 0 Å². The number of hydrogen-bond donors (Lipinski definition) is 2. The summed E-state index contributed by atoms with van der Waals surface area (Å²) in [6.45, 7) is 2.16. The Bertz CT molecular complexity index is 231. The Morgan fingerprint density at radius 3 is 2.69 bits per heavy atom. The van der Waals surface area contributed by atoms with Crippen LogP contribution in [0, 0.1) is 5.92 Å². The molecule has 16 heavy (non-hydrogen) atoms. The SMILES string of the molecule is OC(C1=CCCCCCC1)C1CCNCC1. The van der Waals surface area contributed by atoms with Crippen molar-refractivity contribution < 1.29 is 5.11 Å². The molecule has 1 saturated heterocycles. The highest BCUT2D eigenvalue weighted by molar-refractivity contribution is 5.10. The van der Waals surface area contributed by atoms with Gasteiger partial charge in [0.05, 0.1) is 6.10 Å². The molecule has 0 bridgehead atoms. The van der Waals surface area contributed by atoms with E-state index in [1.54, 1.807) is 0 Å². The Kier molecular flexibility index (Phi) is 4.86. The maximum absolute atomic E-state index is 10.4. The van der Waals surface area contributed by atoms with Gasteiger partial charge < -0.3 is 10.4 Å². The van der Waals surface area contributed by atoms with E-state index in [0.29, 0.717) is 5.92 Å². The first-order valence-corrected chi connectivity index (χ1v) is 6.95. The number of nitrogens with one attached hydrogen (secondary N) is 1. The van der Waals surface area contributed by atoms with Crippen molar-refractivity contribution in [1.82, 2.24) is 5.32 Å². The van der Waals surface area contributed by atoms with E-state index in [0.717, 1.165) is 32.4 Å². The molecule has 2 rings (SSSR count). The zero-order chi connectivity index (χ0) is 11.2. The molecule has 2 nitrogen and oxygen atoms in total. The van der Waals surface area contributed by atoms with E-state index in [1.165, 1.54) is 37.7 Å². The monoisotopic (exact) mass is 223 g/mol. The molecule has 1 aliphatic heterocycles. The Labute approximate surface area is 99.1 Å². The Balaban J connectivity index is 1.92. The average Bonchev–Trinajstić information content (AvgIpc) is 2.29. The predicted octanol–water partition coefficient (Wildman–Crippen LogP) is 2.63. The van der Waals surface area contributed by atoms with Crippen LogP contribution in [0.3, 0.4) is 0 Å². The molecular formula is C14H25NO. The second-order valence-electron chi connectivity index (χ2n) is 5.26. The minimum Gasteiger partial charge on any atom is -0.388 e. The summed E-state index contributed by atoms with van der Waals surface area (Å²) in [5.41, 5.74) is 1.34. The molecule has 2 aliphatic rings. The van der Waals surface area contributed by atoms with E-state index >= 15 is 0 Å². The quantitative estimate of drug-likeness (QED) is 0.705. The fraction of sp³-hybridized carbons (Fsp3) is 0.857. The topological polar surface area (TPSA) is 32.3 Å². The molecule has 2 heteroatoms. The number of rotatable bonds is 2. The predicted molar refractivity (Wildman–Crippen MR) is 67.4 cm³/mol. The number of aliphatic hydroxyl groups is 1. The van der Waals surface area contributed by atoms with Crippen molar-refractivity contribution >= 4 is 0 Å². The summed E-state index contributed by atoms with van der Waals surface area (Å²) < 4.78 is 0. The lowest BCUT2D eigenvalue weighted by atomic mass is 9.85. The van der Waals surface area contributed by atoms with Gasteiger partial charge in [-0.1, -0.05) is 18.9 Å². The van der Waals surface area contributed by atoms with Crippen molar-refractivity contribution in [3.05, 3.63) is 11.6 Å². The number of hydrogen-bond acceptors (Lipinski definition) is 2. The molecule has 1 aliphatic carbocycles. The number of piperidine rings is 1. The lowest BCUT2D eigenvalue weighted by molar-refractivity contribution is 0.115. The molecule has 0 saturated carbocycles. The summed E-state index contributed by atoms with van der Waals surface area (Å²) in [6.07, 6.45) is 12.0. The first-order chi connectivity index (χ1) is 7.88. The molecule has 1 atom stereocenters. The molecular weight excluding hydrogens is 198 g/mol. The van der Waals surface area contributed by atoms with Gasteiger partial charge in [-0.15, -0.1) is 0 Å². The zero-order valence-electron chi connectivity index (χ0n) is 10.3. The molecule has 0 aromatic rings. The maximum atomic E-state index is 10.4. The highest BCUT2D eigenvalue weighted by atomic mass is 16.3. The van der Waals surface area contributed by atoms with E-state index in [1.807, 2.05) is 0 Å². The van der Waals surface area contributed by atoms with E-state index < -0.39 is 0 Å². The Morgan fingerprint density at radius 1 is 1.12 bits per heavy atom. The van der Waals surface area contributed by atoms with Crippen LogP contribution in [0.25, 0.3) is 0 Å². The summed E-state index contributed by atoms with van der Waals surface area (Å²) in [4.78, 5) is 0. The lowest BCUT2D eigenvalue weighted by Gasteiger charge is -2.29. The molecule has 0 aromatic heterocycles. The summed E-state index contributed by atoms with van der Waals surface area (Å²) in [7, 11) is 0. The van der Waals surface area contributed by atoms with E-state index in [2.05, 4.69) is 11.4 Å². The highest BCUT2D eigenvalue weighted by Gasteiger charge is 2.24. The molecule has 1 heterocycles. The van der Waals surface area contributed by atoms with Crippen LogP contribution in [0.15, 0.2) is 11.6 Å². The van der Waals surface area contributed by atoms with Crippen molar-refractivity contribution in [3.63, 3.8) is 0 Å². The van der Waals surface area contributed by atoms with Gasteiger partial charge in [0, 0.05) is 0 Å². The molecule has 92 valence electrons. The van der Waals surface area contributed by atoms with Gasteiger partial charge in [-0.3, -0.25) is 0 Å². The van der Waals surface area contributed by atoms with Gasteiger partial charge in [0.25, 0.3) is 0 Å². The molecule has 0 spiro atoms. The Morgan fingerprint density at radius 2 is 1.88 bits per heavy atom. The van der Waals surface area contributed by atoms with E-state index in [-0.39, 0.29) is 6.10 Å². The van der Waals surface area contributed by atoms with Crippen molar-refractivity contribution in [2.24, 2.45) is 5.92 Å². The van der Waals surface area contributed by atoms with Crippen molar-refractivity contribution in [2.45, 2.75) is 57.5 Å². The molecule has 0 aromatic carbocycles. The second-order valence-corrected chi connectivity index (χ2v) is 5.26. The summed E-state index contributed by atoms with van der Waals surface area (Å²) in [5.74, 6) is 0.506. The smallest absolute Gasteiger partial charge is 0.0779 e. The van der Waals surface area contributed by atoms with Crippen LogP contribution in [0.2, 0.25) is 0 Å². The van der Waals surface area contributed by atoms with Crippen LogP contribution >= 0.6 is 0 Å². The van der Waals surface area contributed by atoms with Gasteiger partial charge >= 0.3 is 0 Å². The van der Waals surface area contributed by atoms with Crippen LogP contribution < -0.4 is 5.32 Å². The lowest BCUT2D eigenvalue weighted by Crippen LogP contribution is -2.35. The van der Waals surface area contributed by atoms with Crippen LogP contribution in [0.4, 0.5) is 0 Å². The van der Waals surface area contributed by atoms with Gasteiger partial charge in [0.15, 0.2) is 0 Å². The van der Waals surface area contributed by atoms with Crippen LogP contribution in [0.1, 0.15) is 51.4 Å². The van der Waals surface area contributed by atoms with Crippen molar-refractivity contribution in [2.75, 3.05) is 13.1 Å². The molecule has 0 amide bonds. The maximum Gasteiger partial charge on any atom is 0.0779 e. The summed E-state index contributed by atoms with van der Waals surface area (Å²) in [6, 6.07) is 0. The first kappa shape index (κ1) is 12.1.